The van der Waals surface area contributed by atoms with Crippen molar-refractivity contribution in [1.29, 1.82) is 0 Å². The summed E-state index contributed by atoms with van der Waals surface area (Å²) in [4.78, 5) is 12.1. The Hall–Kier alpha value is -1.68. The van der Waals surface area contributed by atoms with Gasteiger partial charge in [-0.05, 0) is 64.6 Å². The van der Waals surface area contributed by atoms with E-state index in [1.165, 1.54) is 18.2 Å². The summed E-state index contributed by atoms with van der Waals surface area (Å²) < 4.78 is 52.8. The van der Waals surface area contributed by atoms with Crippen LogP contribution in [-0.2, 0) is 12.7 Å². The van der Waals surface area contributed by atoms with Crippen LogP contribution >= 0.6 is 22.6 Å². The van der Waals surface area contributed by atoms with Gasteiger partial charge in [0.05, 0.1) is 11.1 Å². The van der Waals surface area contributed by atoms with Crippen LogP contribution in [0.25, 0.3) is 0 Å². The SMILES string of the molecule is NCc1cc(NC(=O)c2cc(I)ccc2F)cc(C(F)(F)F)c1. The van der Waals surface area contributed by atoms with E-state index < -0.39 is 23.5 Å². The Labute approximate surface area is 143 Å². The van der Waals surface area contributed by atoms with E-state index in [0.717, 1.165) is 18.2 Å². The predicted molar refractivity (Wildman–Crippen MR) is 86.4 cm³/mol. The average molecular weight is 438 g/mol. The first-order valence-electron chi connectivity index (χ1n) is 6.38. The van der Waals surface area contributed by atoms with E-state index >= 15 is 0 Å². The Morgan fingerprint density at radius 2 is 1.87 bits per heavy atom. The molecule has 0 aliphatic rings. The first kappa shape index (κ1) is 17.7. The lowest BCUT2D eigenvalue weighted by molar-refractivity contribution is -0.137. The largest absolute Gasteiger partial charge is 0.416 e. The summed E-state index contributed by atoms with van der Waals surface area (Å²) in [6.07, 6.45) is -4.57. The molecule has 0 saturated heterocycles. The van der Waals surface area contributed by atoms with Gasteiger partial charge in [0, 0.05) is 15.8 Å². The maximum Gasteiger partial charge on any atom is 0.416 e. The number of alkyl halides is 3. The fraction of sp³-hybridized carbons (Fsp3) is 0.133. The van der Waals surface area contributed by atoms with Gasteiger partial charge in [-0.1, -0.05) is 0 Å². The van der Waals surface area contributed by atoms with Crippen LogP contribution in [0.3, 0.4) is 0 Å². The molecule has 0 unspecified atom stereocenters. The van der Waals surface area contributed by atoms with E-state index in [-0.39, 0.29) is 23.4 Å². The number of rotatable bonds is 3. The second-order valence-electron chi connectivity index (χ2n) is 4.70. The van der Waals surface area contributed by atoms with Gasteiger partial charge in [0.2, 0.25) is 0 Å². The summed E-state index contributed by atoms with van der Waals surface area (Å²) in [5, 5.41) is 2.28. The molecule has 0 atom stereocenters. The van der Waals surface area contributed by atoms with Crippen molar-refractivity contribution in [2.45, 2.75) is 12.7 Å². The quantitative estimate of drug-likeness (QED) is 0.559. The Balaban J connectivity index is 2.35. The molecule has 3 N–H and O–H groups in total. The van der Waals surface area contributed by atoms with Gasteiger partial charge in [-0.3, -0.25) is 4.79 Å². The molecule has 1 amide bonds. The highest BCUT2D eigenvalue weighted by Crippen LogP contribution is 2.32. The van der Waals surface area contributed by atoms with Gasteiger partial charge in [0.15, 0.2) is 0 Å². The Morgan fingerprint density at radius 1 is 1.17 bits per heavy atom. The van der Waals surface area contributed by atoms with Gasteiger partial charge in [-0.25, -0.2) is 4.39 Å². The molecule has 23 heavy (non-hydrogen) atoms. The van der Waals surface area contributed by atoms with Crippen molar-refractivity contribution in [3.05, 3.63) is 62.5 Å². The maximum absolute atomic E-state index is 13.7. The lowest BCUT2D eigenvalue weighted by Gasteiger charge is -2.13. The molecule has 2 rings (SSSR count). The molecule has 0 saturated carbocycles. The van der Waals surface area contributed by atoms with Gasteiger partial charge >= 0.3 is 6.18 Å². The van der Waals surface area contributed by atoms with E-state index in [0.29, 0.717) is 3.57 Å². The number of nitrogens with two attached hydrogens (primary N) is 1. The molecule has 0 aromatic heterocycles. The molecule has 0 aliphatic carbocycles. The number of nitrogens with one attached hydrogen (secondary N) is 1. The zero-order valence-corrected chi connectivity index (χ0v) is 13.7. The second kappa shape index (κ2) is 6.83. The first-order valence-corrected chi connectivity index (χ1v) is 7.46. The summed E-state index contributed by atoms with van der Waals surface area (Å²) in [6.45, 7) is -0.121. The summed E-state index contributed by atoms with van der Waals surface area (Å²) in [7, 11) is 0. The predicted octanol–water partition coefficient (Wildman–Crippen LogP) is 4.16. The molecule has 122 valence electrons. The lowest BCUT2D eigenvalue weighted by atomic mass is 10.1. The zero-order chi connectivity index (χ0) is 17.2. The minimum Gasteiger partial charge on any atom is -0.326 e. The number of hydrogen-bond donors (Lipinski definition) is 2. The topological polar surface area (TPSA) is 55.1 Å². The molecule has 0 aliphatic heterocycles. The fourth-order valence-electron chi connectivity index (χ4n) is 1.92. The number of anilines is 1. The summed E-state index contributed by atoms with van der Waals surface area (Å²) in [6, 6.07) is 6.91. The molecule has 2 aromatic rings. The molecule has 8 heteroatoms. The Kier molecular flexibility index (Phi) is 5.25. The summed E-state index contributed by atoms with van der Waals surface area (Å²) in [5.74, 6) is -1.59. The standard InChI is InChI=1S/C15H11F4IN2O/c16-13-2-1-10(20)6-12(13)14(23)22-11-4-8(7-21)3-9(5-11)15(17,18)19/h1-6H,7,21H2,(H,22,23). The van der Waals surface area contributed by atoms with E-state index in [2.05, 4.69) is 5.32 Å². The number of benzene rings is 2. The van der Waals surface area contributed by atoms with Crippen LogP contribution in [0.15, 0.2) is 36.4 Å². The highest BCUT2D eigenvalue weighted by molar-refractivity contribution is 14.1. The van der Waals surface area contributed by atoms with Crippen molar-refractivity contribution in [3.63, 3.8) is 0 Å². The molecule has 2 aromatic carbocycles. The molecule has 0 spiro atoms. The van der Waals surface area contributed by atoms with E-state index in [1.807, 2.05) is 22.6 Å². The lowest BCUT2D eigenvalue weighted by Crippen LogP contribution is -2.16. The smallest absolute Gasteiger partial charge is 0.326 e. The van der Waals surface area contributed by atoms with E-state index in [4.69, 9.17) is 5.73 Å². The fourth-order valence-corrected chi connectivity index (χ4v) is 2.41. The second-order valence-corrected chi connectivity index (χ2v) is 5.94. The normalized spacial score (nSPS) is 11.4. The van der Waals surface area contributed by atoms with Crippen molar-refractivity contribution in [3.8, 4) is 0 Å². The van der Waals surface area contributed by atoms with Crippen molar-refractivity contribution in [2.75, 3.05) is 5.32 Å². The highest BCUT2D eigenvalue weighted by atomic mass is 127. The van der Waals surface area contributed by atoms with Crippen LogP contribution in [0.1, 0.15) is 21.5 Å². The average Bonchev–Trinajstić information content (AvgIpc) is 2.48. The molecular weight excluding hydrogens is 427 g/mol. The van der Waals surface area contributed by atoms with Crippen molar-refractivity contribution in [2.24, 2.45) is 5.73 Å². The molecule has 0 fully saturated rings. The minimum atomic E-state index is -4.57. The van der Waals surface area contributed by atoms with E-state index in [1.54, 1.807) is 0 Å². The Bertz CT molecular complexity index is 747. The third-order valence-electron chi connectivity index (χ3n) is 2.99. The maximum atomic E-state index is 13.7. The van der Waals surface area contributed by atoms with Gasteiger partial charge in [0.1, 0.15) is 5.82 Å². The third-order valence-corrected chi connectivity index (χ3v) is 3.66. The van der Waals surface area contributed by atoms with Crippen LogP contribution in [0.4, 0.5) is 23.2 Å². The number of hydrogen-bond acceptors (Lipinski definition) is 2. The third kappa shape index (κ3) is 4.41. The van der Waals surface area contributed by atoms with Crippen LogP contribution in [0.5, 0.6) is 0 Å². The van der Waals surface area contributed by atoms with Gasteiger partial charge < -0.3 is 11.1 Å². The number of amides is 1. The van der Waals surface area contributed by atoms with Crippen LogP contribution in [0, 0.1) is 9.39 Å². The van der Waals surface area contributed by atoms with Gasteiger partial charge in [-0.15, -0.1) is 0 Å². The molecule has 0 bridgehead atoms. The number of carbonyl (C=O) groups is 1. The minimum absolute atomic E-state index is 0.0939. The van der Waals surface area contributed by atoms with Crippen LogP contribution in [-0.4, -0.2) is 5.91 Å². The van der Waals surface area contributed by atoms with E-state index in [9.17, 15) is 22.4 Å². The van der Waals surface area contributed by atoms with Gasteiger partial charge in [-0.2, -0.15) is 13.2 Å². The molecule has 3 nitrogen and oxygen atoms in total. The highest BCUT2D eigenvalue weighted by Gasteiger charge is 2.31. The summed E-state index contributed by atoms with van der Waals surface area (Å²) >= 11 is 1.90. The monoisotopic (exact) mass is 438 g/mol. The number of carbonyl (C=O) groups excluding carboxylic acids is 1. The molecule has 0 heterocycles. The zero-order valence-electron chi connectivity index (χ0n) is 11.5. The molecular formula is C15H11F4IN2O. The Morgan fingerprint density at radius 3 is 2.48 bits per heavy atom. The summed E-state index contributed by atoms with van der Waals surface area (Å²) in [5.41, 5.74) is 4.31. The van der Waals surface area contributed by atoms with Crippen LogP contribution < -0.4 is 11.1 Å². The van der Waals surface area contributed by atoms with Gasteiger partial charge in [0.25, 0.3) is 5.91 Å². The first-order chi connectivity index (χ1) is 10.7. The van der Waals surface area contributed by atoms with Crippen LogP contribution in [0.2, 0.25) is 0 Å². The van der Waals surface area contributed by atoms with Crippen molar-refractivity contribution >= 4 is 34.2 Å². The van der Waals surface area contributed by atoms with Crippen molar-refractivity contribution in [1.82, 2.24) is 0 Å². The van der Waals surface area contributed by atoms with Crippen molar-refractivity contribution < 1.29 is 22.4 Å². The molecule has 0 radical (unpaired) electrons. The number of halogens is 5.